The molecule has 0 N–H and O–H groups in total. The lowest BCUT2D eigenvalue weighted by Gasteiger charge is -2.10. The topological polar surface area (TPSA) is 43.9 Å². The van der Waals surface area contributed by atoms with E-state index in [1.54, 1.807) is 0 Å². The van der Waals surface area contributed by atoms with Gasteiger partial charge in [0.1, 0.15) is 5.58 Å². The Labute approximate surface area is 288 Å². The van der Waals surface area contributed by atoms with Gasteiger partial charge in [0.05, 0.1) is 22.4 Å². The van der Waals surface area contributed by atoms with Crippen LogP contribution in [0.15, 0.2) is 180 Å². The highest BCUT2D eigenvalue weighted by Crippen LogP contribution is 2.43. The summed E-state index contributed by atoms with van der Waals surface area (Å²) in [5, 5.41) is 4.45. The quantitative estimate of drug-likeness (QED) is 0.188. The number of aromatic nitrogens is 3. The molecule has 3 aromatic heterocycles. The van der Waals surface area contributed by atoms with Crippen LogP contribution < -0.4 is 0 Å². The van der Waals surface area contributed by atoms with Gasteiger partial charge in [0.2, 0.25) is 0 Å². The number of benzene rings is 7. The molecule has 0 bridgehead atoms. The highest BCUT2D eigenvalue weighted by Gasteiger charge is 2.22. The molecule has 0 radical (unpaired) electrons. The van der Waals surface area contributed by atoms with Crippen LogP contribution in [0.1, 0.15) is 0 Å². The van der Waals surface area contributed by atoms with Crippen molar-refractivity contribution in [2.24, 2.45) is 0 Å². The Morgan fingerprint density at radius 1 is 0.400 bits per heavy atom. The zero-order valence-corrected chi connectivity index (χ0v) is 27.0. The first-order chi connectivity index (χ1) is 24.8. The van der Waals surface area contributed by atoms with E-state index < -0.39 is 0 Å². The van der Waals surface area contributed by atoms with Gasteiger partial charge in [0, 0.05) is 43.9 Å². The average molecular weight is 640 g/mol. The molecule has 0 amide bonds. The molecule has 4 heteroatoms. The summed E-state index contributed by atoms with van der Waals surface area (Å²) in [6.45, 7) is 0. The van der Waals surface area contributed by atoms with Gasteiger partial charge in [-0.25, -0.2) is 9.97 Å². The van der Waals surface area contributed by atoms with Gasteiger partial charge in [-0.2, -0.15) is 0 Å². The van der Waals surface area contributed by atoms with Gasteiger partial charge in [0.25, 0.3) is 0 Å². The van der Waals surface area contributed by atoms with Gasteiger partial charge in [-0.15, -0.1) is 0 Å². The zero-order chi connectivity index (χ0) is 33.0. The van der Waals surface area contributed by atoms with E-state index >= 15 is 0 Å². The molecule has 0 atom stereocenters. The second-order valence-corrected chi connectivity index (χ2v) is 12.6. The maximum atomic E-state index is 7.07. The summed E-state index contributed by atoms with van der Waals surface area (Å²) in [5.74, 6) is 0.677. The predicted molar refractivity (Wildman–Crippen MR) is 205 cm³/mol. The van der Waals surface area contributed by atoms with Crippen molar-refractivity contribution < 1.29 is 4.42 Å². The maximum Gasteiger partial charge on any atom is 0.160 e. The molecule has 3 heterocycles. The molecule has 50 heavy (non-hydrogen) atoms. The van der Waals surface area contributed by atoms with Crippen molar-refractivity contribution in [1.29, 1.82) is 0 Å². The molecule has 0 saturated carbocycles. The molecule has 0 spiro atoms. The number of furan rings is 1. The Morgan fingerprint density at radius 3 is 1.74 bits per heavy atom. The molecule has 234 valence electrons. The third-order valence-corrected chi connectivity index (χ3v) is 9.62. The van der Waals surface area contributed by atoms with E-state index in [4.69, 9.17) is 14.4 Å². The Kier molecular flexibility index (Phi) is 6.46. The molecule has 0 aliphatic carbocycles. The van der Waals surface area contributed by atoms with Gasteiger partial charge in [-0.3, -0.25) is 0 Å². The molecule has 4 nitrogen and oxygen atoms in total. The Hall–Kier alpha value is -6.78. The van der Waals surface area contributed by atoms with Gasteiger partial charge in [-0.05, 0) is 47.5 Å². The van der Waals surface area contributed by atoms with Crippen LogP contribution in [-0.2, 0) is 0 Å². The molecule has 10 rings (SSSR count). The molecular formula is C46H29N3O. The Balaban J connectivity index is 1.26. The zero-order valence-electron chi connectivity index (χ0n) is 27.0. The number of nitrogens with zero attached hydrogens (tertiary/aromatic N) is 3. The molecule has 0 aliphatic heterocycles. The summed E-state index contributed by atoms with van der Waals surface area (Å²) in [5.41, 5.74) is 11.9. The third-order valence-electron chi connectivity index (χ3n) is 9.62. The minimum atomic E-state index is 0.677. The van der Waals surface area contributed by atoms with Crippen LogP contribution >= 0.6 is 0 Å². The van der Waals surface area contributed by atoms with E-state index in [1.165, 1.54) is 16.5 Å². The summed E-state index contributed by atoms with van der Waals surface area (Å²) < 4.78 is 9.42. The number of hydrogen-bond acceptors (Lipinski definition) is 3. The first-order valence-electron chi connectivity index (χ1n) is 16.8. The summed E-state index contributed by atoms with van der Waals surface area (Å²) in [6.07, 6.45) is 0. The van der Waals surface area contributed by atoms with Crippen molar-refractivity contribution in [3.63, 3.8) is 0 Å². The van der Waals surface area contributed by atoms with Crippen LogP contribution in [0.4, 0.5) is 0 Å². The van der Waals surface area contributed by atoms with Gasteiger partial charge in [0.15, 0.2) is 11.4 Å². The molecule has 10 aromatic rings. The minimum Gasteiger partial charge on any atom is -0.453 e. The highest BCUT2D eigenvalue weighted by atomic mass is 16.3. The molecular weight excluding hydrogens is 611 g/mol. The van der Waals surface area contributed by atoms with Crippen LogP contribution in [0.3, 0.4) is 0 Å². The first-order valence-corrected chi connectivity index (χ1v) is 16.8. The van der Waals surface area contributed by atoms with E-state index in [0.717, 1.165) is 72.1 Å². The van der Waals surface area contributed by atoms with Gasteiger partial charge < -0.3 is 8.98 Å². The van der Waals surface area contributed by atoms with Crippen molar-refractivity contribution in [1.82, 2.24) is 14.5 Å². The van der Waals surface area contributed by atoms with Crippen LogP contribution in [-0.4, -0.2) is 14.5 Å². The fourth-order valence-corrected chi connectivity index (χ4v) is 7.27. The van der Waals surface area contributed by atoms with Crippen LogP contribution in [0.25, 0.3) is 94.5 Å². The summed E-state index contributed by atoms with van der Waals surface area (Å²) in [7, 11) is 0. The Morgan fingerprint density at radius 2 is 1.00 bits per heavy atom. The lowest BCUT2D eigenvalue weighted by Crippen LogP contribution is -1.96. The maximum absolute atomic E-state index is 7.07. The van der Waals surface area contributed by atoms with Crippen molar-refractivity contribution in [3.8, 4) is 50.7 Å². The molecule has 0 fully saturated rings. The van der Waals surface area contributed by atoms with Gasteiger partial charge in [-0.1, -0.05) is 140 Å². The summed E-state index contributed by atoms with van der Waals surface area (Å²) in [4.78, 5) is 10.2. The number of rotatable bonds is 5. The van der Waals surface area contributed by atoms with E-state index in [0.29, 0.717) is 5.82 Å². The number of fused-ring (bicyclic) bond motifs is 7. The standard InChI is InChI=1S/C46H29N3O/c1-5-14-30(15-6-1)33-24-25-35-36-26-27-38-37-22-13-23-39(44(37)50-45(38)43(36)49(42(35)28-33)34-20-11-4-12-21-34)41-29-40(31-16-7-2-8-17-31)47-46(48-41)32-18-9-3-10-19-32/h1-29H. The van der Waals surface area contributed by atoms with E-state index in [2.05, 4.69) is 144 Å². The molecule has 7 aromatic carbocycles. The fraction of sp³-hybridized carbons (Fsp3) is 0. The SMILES string of the molecule is c1ccc(-c2ccc3c4ccc5c6cccc(-c7cc(-c8ccccc8)nc(-c8ccccc8)n7)c6oc5c4n(-c4ccccc4)c3c2)cc1. The largest absolute Gasteiger partial charge is 0.453 e. The Bertz CT molecular complexity index is 2780. The lowest BCUT2D eigenvalue weighted by molar-refractivity contribution is 0.672. The van der Waals surface area contributed by atoms with E-state index in [9.17, 15) is 0 Å². The van der Waals surface area contributed by atoms with E-state index in [1.807, 2.05) is 36.4 Å². The molecule has 0 unspecified atom stereocenters. The number of hydrogen-bond donors (Lipinski definition) is 0. The molecule has 0 saturated heterocycles. The molecule has 0 aliphatic rings. The normalized spacial score (nSPS) is 11.6. The van der Waals surface area contributed by atoms with Crippen LogP contribution in [0.2, 0.25) is 0 Å². The third kappa shape index (κ3) is 4.54. The van der Waals surface area contributed by atoms with Crippen molar-refractivity contribution in [3.05, 3.63) is 176 Å². The highest BCUT2D eigenvalue weighted by molar-refractivity contribution is 6.22. The monoisotopic (exact) mass is 639 g/mol. The van der Waals surface area contributed by atoms with Gasteiger partial charge >= 0.3 is 0 Å². The van der Waals surface area contributed by atoms with Crippen LogP contribution in [0, 0.1) is 0 Å². The minimum absolute atomic E-state index is 0.677. The number of para-hydroxylation sites is 2. The van der Waals surface area contributed by atoms with Crippen LogP contribution in [0.5, 0.6) is 0 Å². The van der Waals surface area contributed by atoms with Crippen molar-refractivity contribution in [2.45, 2.75) is 0 Å². The first kappa shape index (κ1) is 28.3. The second kappa shape index (κ2) is 11.4. The average Bonchev–Trinajstić information content (AvgIpc) is 3.75. The van der Waals surface area contributed by atoms with E-state index in [-0.39, 0.29) is 0 Å². The summed E-state index contributed by atoms with van der Waals surface area (Å²) >= 11 is 0. The smallest absolute Gasteiger partial charge is 0.160 e. The van der Waals surface area contributed by atoms with Crippen molar-refractivity contribution >= 4 is 43.7 Å². The lowest BCUT2D eigenvalue weighted by atomic mass is 10.0. The summed E-state index contributed by atoms with van der Waals surface area (Å²) in [6, 6.07) is 61.2. The fourth-order valence-electron chi connectivity index (χ4n) is 7.27. The second-order valence-electron chi connectivity index (χ2n) is 12.6. The predicted octanol–water partition coefficient (Wildman–Crippen LogP) is 12.1. The van der Waals surface area contributed by atoms with Crippen molar-refractivity contribution in [2.75, 3.05) is 0 Å².